The molecule has 2 unspecified atom stereocenters. The van der Waals surface area contributed by atoms with E-state index in [0.717, 1.165) is 31.2 Å². The molecule has 5 rings (SSSR count). The molecular formula is C24H22F3N5O2. The van der Waals surface area contributed by atoms with Gasteiger partial charge in [-0.3, -0.25) is 4.79 Å². The fourth-order valence-electron chi connectivity index (χ4n) is 4.43. The van der Waals surface area contributed by atoms with Gasteiger partial charge in [-0.1, -0.05) is 0 Å². The summed E-state index contributed by atoms with van der Waals surface area (Å²) < 4.78 is 44.7. The smallest absolute Gasteiger partial charge is 0.416 e. The zero-order valence-corrected chi connectivity index (χ0v) is 18.4. The number of nitrogens with zero attached hydrogens (tertiary/aromatic N) is 5. The van der Waals surface area contributed by atoms with Crippen LogP contribution in [-0.4, -0.2) is 49.9 Å². The molecule has 10 heteroatoms. The van der Waals surface area contributed by atoms with Crippen LogP contribution in [0.5, 0.6) is 5.88 Å². The molecule has 34 heavy (non-hydrogen) atoms. The third kappa shape index (κ3) is 4.57. The molecule has 1 aliphatic carbocycles. The van der Waals surface area contributed by atoms with Gasteiger partial charge >= 0.3 is 6.18 Å². The molecule has 176 valence electrons. The first-order chi connectivity index (χ1) is 16.3. The summed E-state index contributed by atoms with van der Waals surface area (Å²) in [5.74, 6) is 0.942. The van der Waals surface area contributed by atoms with E-state index in [1.807, 2.05) is 0 Å². The maximum Gasteiger partial charge on any atom is 0.416 e. The van der Waals surface area contributed by atoms with E-state index in [1.165, 1.54) is 0 Å². The molecule has 0 spiro atoms. The molecule has 2 fully saturated rings. The Morgan fingerprint density at radius 3 is 2.65 bits per heavy atom. The summed E-state index contributed by atoms with van der Waals surface area (Å²) in [6.45, 7) is 2.41. The normalized spacial score (nSPS) is 21.6. The van der Waals surface area contributed by atoms with Crippen molar-refractivity contribution in [2.24, 2.45) is 11.8 Å². The van der Waals surface area contributed by atoms with Crippen molar-refractivity contribution in [3.8, 4) is 17.3 Å². The molecule has 3 atom stereocenters. The molecule has 0 N–H and O–H groups in total. The Balaban J connectivity index is 1.40. The second kappa shape index (κ2) is 8.66. The van der Waals surface area contributed by atoms with Crippen molar-refractivity contribution in [2.45, 2.75) is 32.0 Å². The Morgan fingerprint density at radius 2 is 1.88 bits per heavy atom. The van der Waals surface area contributed by atoms with Crippen LogP contribution in [0, 0.1) is 18.8 Å². The maximum atomic E-state index is 13.7. The van der Waals surface area contributed by atoms with Crippen molar-refractivity contribution in [3.05, 3.63) is 65.9 Å². The topological polar surface area (TPSA) is 81.1 Å². The number of aryl methyl sites for hydroxylation is 1. The van der Waals surface area contributed by atoms with E-state index in [1.54, 1.807) is 42.4 Å². The molecule has 0 aromatic carbocycles. The first-order valence-electron chi connectivity index (χ1n) is 11.0. The Kier molecular flexibility index (Phi) is 5.66. The van der Waals surface area contributed by atoms with Crippen molar-refractivity contribution in [1.82, 2.24) is 24.8 Å². The van der Waals surface area contributed by atoms with Gasteiger partial charge in [-0.25, -0.2) is 19.9 Å². The molecule has 2 aliphatic rings. The van der Waals surface area contributed by atoms with E-state index in [4.69, 9.17) is 4.74 Å². The number of aromatic nitrogens is 4. The number of alkyl halides is 3. The highest BCUT2D eigenvalue weighted by Gasteiger charge is 2.48. The van der Waals surface area contributed by atoms with Gasteiger partial charge in [0.05, 0.1) is 17.2 Å². The van der Waals surface area contributed by atoms with Gasteiger partial charge in [-0.2, -0.15) is 13.2 Å². The number of carbonyl (C=O) groups excluding carboxylic acids is 1. The van der Waals surface area contributed by atoms with Crippen LogP contribution in [0.1, 0.15) is 34.6 Å². The fraction of sp³-hybridized carbons (Fsp3) is 0.375. The number of hydrogen-bond acceptors (Lipinski definition) is 6. The summed E-state index contributed by atoms with van der Waals surface area (Å²) in [5, 5.41) is 0. The van der Waals surface area contributed by atoms with Crippen molar-refractivity contribution < 1.29 is 22.7 Å². The standard InChI is InChI=1S/C24H22F3N5O2/c1-14-3-4-19(22-29-6-2-7-30-22)21(31-14)23(33)32-12-16-9-15(16)10-18(32)13-34-20-11-17(5-8-28-20)24(25,26)27/h2-8,11,15-16,18H,9-10,12-13H2,1H3/t15-,16?,18?/m1/s1. The third-order valence-electron chi connectivity index (χ3n) is 6.31. The fourth-order valence-corrected chi connectivity index (χ4v) is 4.43. The van der Waals surface area contributed by atoms with Gasteiger partial charge in [-0.15, -0.1) is 0 Å². The second-order valence-corrected chi connectivity index (χ2v) is 8.72. The third-order valence-corrected chi connectivity index (χ3v) is 6.31. The van der Waals surface area contributed by atoms with E-state index in [-0.39, 0.29) is 30.1 Å². The lowest BCUT2D eigenvalue weighted by atomic mass is 10.0. The Morgan fingerprint density at radius 1 is 1.09 bits per heavy atom. The SMILES string of the molecule is Cc1ccc(-c2ncccn2)c(C(=O)N2CC3C[C@@H]3CC2COc2cc(C(F)(F)F)ccn2)n1. The van der Waals surface area contributed by atoms with Gasteiger partial charge < -0.3 is 9.64 Å². The van der Waals surface area contributed by atoms with Gasteiger partial charge in [-0.05, 0) is 55.9 Å². The van der Waals surface area contributed by atoms with Crippen molar-refractivity contribution in [3.63, 3.8) is 0 Å². The van der Waals surface area contributed by atoms with E-state index in [2.05, 4.69) is 19.9 Å². The number of carbonyl (C=O) groups is 1. The molecule has 7 nitrogen and oxygen atoms in total. The molecule has 0 radical (unpaired) electrons. The van der Waals surface area contributed by atoms with Gasteiger partial charge in [0.15, 0.2) is 5.82 Å². The number of rotatable bonds is 5. The van der Waals surface area contributed by atoms with Gasteiger partial charge in [0, 0.05) is 36.9 Å². The maximum absolute atomic E-state index is 13.7. The highest BCUT2D eigenvalue weighted by atomic mass is 19.4. The number of ether oxygens (including phenoxy) is 1. The number of likely N-dealkylation sites (tertiary alicyclic amines) is 1. The number of halogens is 3. The van der Waals surface area contributed by atoms with Crippen LogP contribution >= 0.6 is 0 Å². The summed E-state index contributed by atoms with van der Waals surface area (Å²) in [6.07, 6.45) is 1.54. The molecular weight excluding hydrogens is 447 g/mol. The average Bonchev–Trinajstić information content (AvgIpc) is 3.60. The van der Waals surface area contributed by atoms with E-state index < -0.39 is 11.7 Å². The Hall–Kier alpha value is -3.56. The minimum atomic E-state index is -4.48. The highest BCUT2D eigenvalue weighted by molar-refractivity contribution is 5.98. The molecule has 3 aromatic heterocycles. The zero-order chi connectivity index (χ0) is 23.9. The molecule has 1 saturated heterocycles. The summed E-state index contributed by atoms with van der Waals surface area (Å²) in [5.41, 5.74) is 0.652. The van der Waals surface area contributed by atoms with Gasteiger partial charge in [0.2, 0.25) is 5.88 Å². The van der Waals surface area contributed by atoms with Crippen LogP contribution in [0.15, 0.2) is 48.9 Å². The van der Waals surface area contributed by atoms with Crippen LogP contribution < -0.4 is 4.74 Å². The minimum Gasteiger partial charge on any atom is -0.475 e. The van der Waals surface area contributed by atoms with Crippen LogP contribution in [0.4, 0.5) is 13.2 Å². The van der Waals surface area contributed by atoms with Crippen LogP contribution in [0.3, 0.4) is 0 Å². The predicted molar refractivity (Wildman–Crippen MR) is 116 cm³/mol. The first kappa shape index (κ1) is 22.2. The predicted octanol–water partition coefficient (Wildman–Crippen LogP) is 4.19. The minimum absolute atomic E-state index is 0.0479. The number of piperidine rings is 1. The molecule has 1 amide bonds. The van der Waals surface area contributed by atoms with E-state index in [0.29, 0.717) is 35.5 Å². The molecule has 4 heterocycles. The van der Waals surface area contributed by atoms with E-state index >= 15 is 0 Å². The Labute approximate surface area is 194 Å². The first-order valence-corrected chi connectivity index (χ1v) is 11.0. The zero-order valence-electron chi connectivity index (χ0n) is 18.4. The van der Waals surface area contributed by atoms with Crippen molar-refractivity contribution >= 4 is 5.91 Å². The number of hydrogen-bond donors (Lipinski definition) is 0. The van der Waals surface area contributed by atoms with Gasteiger partial charge in [0.25, 0.3) is 5.91 Å². The monoisotopic (exact) mass is 469 g/mol. The highest BCUT2D eigenvalue weighted by Crippen LogP contribution is 2.47. The lowest BCUT2D eigenvalue weighted by molar-refractivity contribution is -0.137. The molecule has 0 bridgehead atoms. The molecule has 3 aromatic rings. The lowest BCUT2D eigenvalue weighted by Crippen LogP contribution is -2.48. The van der Waals surface area contributed by atoms with Crippen LogP contribution in [0.25, 0.3) is 11.4 Å². The number of pyridine rings is 2. The number of amides is 1. The average molecular weight is 469 g/mol. The largest absolute Gasteiger partial charge is 0.475 e. The summed E-state index contributed by atoms with van der Waals surface area (Å²) in [6, 6.07) is 6.75. The number of fused-ring (bicyclic) bond motifs is 1. The molecule has 1 saturated carbocycles. The van der Waals surface area contributed by atoms with Crippen molar-refractivity contribution in [1.29, 1.82) is 0 Å². The van der Waals surface area contributed by atoms with Crippen LogP contribution in [-0.2, 0) is 6.18 Å². The van der Waals surface area contributed by atoms with Crippen molar-refractivity contribution in [2.75, 3.05) is 13.2 Å². The summed E-state index contributed by atoms with van der Waals surface area (Å²) in [7, 11) is 0. The lowest BCUT2D eigenvalue weighted by Gasteiger charge is -2.35. The van der Waals surface area contributed by atoms with E-state index in [9.17, 15) is 18.0 Å². The summed E-state index contributed by atoms with van der Waals surface area (Å²) in [4.78, 5) is 32.4. The second-order valence-electron chi connectivity index (χ2n) is 8.72. The van der Waals surface area contributed by atoms with Gasteiger partial charge in [0.1, 0.15) is 12.3 Å². The summed E-state index contributed by atoms with van der Waals surface area (Å²) >= 11 is 0. The molecule has 1 aliphatic heterocycles. The Bertz CT molecular complexity index is 1200. The van der Waals surface area contributed by atoms with Crippen LogP contribution in [0.2, 0.25) is 0 Å². The quantitative estimate of drug-likeness (QED) is 0.558.